The zero-order chi connectivity index (χ0) is 23.7. The predicted octanol–water partition coefficient (Wildman–Crippen LogP) is 5.72. The molecule has 0 unspecified atom stereocenters. The third-order valence-electron chi connectivity index (χ3n) is 5.66. The molecule has 5 rings (SSSR count). The average molecular weight is 524 g/mol. The van der Waals surface area contributed by atoms with Crippen LogP contribution in [0.15, 0.2) is 74.5 Å². The van der Waals surface area contributed by atoms with E-state index in [4.69, 9.17) is 23.4 Å². The van der Waals surface area contributed by atoms with Gasteiger partial charge in [-0.1, -0.05) is 18.2 Å². The number of hydrogen-bond donors (Lipinski definition) is 0. The maximum atomic E-state index is 13.2. The van der Waals surface area contributed by atoms with Gasteiger partial charge in [-0.3, -0.25) is 9.69 Å². The maximum Gasteiger partial charge on any atom is 0.235 e. The first kappa shape index (κ1) is 22.3. The summed E-state index contributed by atoms with van der Waals surface area (Å²) in [5, 5.41) is 0.444. The molecule has 3 aromatic carbocycles. The van der Waals surface area contributed by atoms with Crippen LogP contribution in [0.3, 0.4) is 0 Å². The van der Waals surface area contributed by atoms with Crippen molar-refractivity contribution in [1.29, 1.82) is 0 Å². The van der Waals surface area contributed by atoms with Crippen molar-refractivity contribution in [2.24, 2.45) is 0 Å². The summed E-state index contributed by atoms with van der Waals surface area (Å²) in [5.74, 6) is 2.72. The third kappa shape index (κ3) is 4.22. The van der Waals surface area contributed by atoms with E-state index in [-0.39, 0.29) is 11.2 Å². The Morgan fingerprint density at radius 3 is 2.59 bits per heavy atom. The van der Waals surface area contributed by atoms with Crippen molar-refractivity contribution in [2.75, 3.05) is 21.0 Å². The van der Waals surface area contributed by atoms with Gasteiger partial charge in [0.25, 0.3) is 0 Å². The standard InChI is InChI=1S/C26H22BrNO6/c1-30-22-9-7-16(11-23(22)31-2)12-28-13-18-20(33-15-28)10-8-17-25(29)24(14-32-26(17)18)34-21-6-4-3-5-19(21)27/h3-11,14H,12-13,15H2,1-2H3. The molecule has 1 aliphatic rings. The maximum absolute atomic E-state index is 13.2. The number of halogens is 1. The van der Waals surface area contributed by atoms with Gasteiger partial charge < -0.3 is 23.4 Å². The molecule has 4 aromatic rings. The lowest BCUT2D eigenvalue weighted by molar-refractivity contribution is 0.0889. The van der Waals surface area contributed by atoms with Gasteiger partial charge in [-0.25, -0.2) is 0 Å². The van der Waals surface area contributed by atoms with Crippen LogP contribution in [0.25, 0.3) is 11.0 Å². The van der Waals surface area contributed by atoms with Gasteiger partial charge in [0.15, 0.2) is 11.5 Å². The molecule has 1 aliphatic heterocycles. The fourth-order valence-electron chi connectivity index (χ4n) is 3.99. The summed E-state index contributed by atoms with van der Waals surface area (Å²) >= 11 is 3.43. The first-order valence-electron chi connectivity index (χ1n) is 10.6. The molecule has 0 N–H and O–H groups in total. The molecular formula is C26H22BrNO6. The first-order valence-corrected chi connectivity index (χ1v) is 11.4. The van der Waals surface area contributed by atoms with Crippen LogP contribution in [0, 0.1) is 0 Å². The van der Waals surface area contributed by atoms with Crippen molar-refractivity contribution in [1.82, 2.24) is 4.90 Å². The number of ether oxygens (including phenoxy) is 4. The minimum absolute atomic E-state index is 0.123. The zero-order valence-electron chi connectivity index (χ0n) is 18.7. The first-order chi connectivity index (χ1) is 16.6. The molecular weight excluding hydrogens is 502 g/mol. The van der Waals surface area contributed by atoms with E-state index in [9.17, 15) is 4.79 Å². The fraction of sp³-hybridized carbons (Fsp3) is 0.192. The second kappa shape index (κ2) is 9.40. The molecule has 34 heavy (non-hydrogen) atoms. The van der Waals surface area contributed by atoms with E-state index in [0.29, 0.717) is 53.8 Å². The van der Waals surface area contributed by atoms with E-state index in [0.717, 1.165) is 15.6 Å². The summed E-state index contributed by atoms with van der Waals surface area (Å²) in [6, 6.07) is 16.7. The number of nitrogens with zero attached hydrogens (tertiary/aromatic N) is 1. The van der Waals surface area contributed by atoms with Crippen molar-refractivity contribution in [3.63, 3.8) is 0 Å². The minimum atomic E-state index is -0.239. The molecule has 1 aromatic heterocycles. The Morgan fingerprint density at radius 2 is 1.79 bits per heavy atom. The Bertz CT molecular complexity index is 1420. The van der Waals surface area contributed by atoms with Crippen molar-refractivity contribution < 1.29 is 23.4 Å². The molecule has 0 spiro atoms. The second-order valence-corrected chi connectivity index (χ2v) is 8.68. The van der Waals surface area contributed by atoms with Crippen LogP contribution >= 0.6 is 15.9 Å². The lowest BCUT2D eigenvalue weighted by Crippen LogP contribution is -2.31. The Hall–Kier alpha value is -3.49. The van der Waals surface area contributed by atoms with E-state index in [1.54, 1.807) is 26.4 Å². The summed E-state index contributed by atoms with van der Waals surface area (Å²) in [7, 11) is 3.23. The Labute approximate surface area is 204 Å². The molecule has 0 saturated heterocycles. The van der Waals surface area contributed by atoms with Gasteiger partial charge in [-0.15, -0.1) is 0 Å². The molecule has 0 amide bonds. The van der Waals surface area contributed by atoms with E-state index in [1.807, 2.05) is 42.5 Å². The van der Waals surface area contributed by atoms with Crippen molar-refractivity contribution in [3.8, 4) is 28.7 Å². The van der Waals surface area contributed by atoms with Crippen LogP contribution in [0.2, 0.25) is 0 Å². The highest BCUT2D eigenvalue weighted by Gasteiger charge is 2.23. The second-order valence-electron chi connectivity index (χ2n) is 7.83. The highest BCUT2D eigenvalue weighted by molar-refractivity contribution is 9.10. The van der Waals surface area contributed by atoms with E-state index >= 15 is 0 Å². The number of methoxy groups -OCH3 is 2. The van der Waals surface area contributed by atoms with Gasteiger partial charge in [0, 0.05) is 13.1 Å². The molecule has 7 nitrogen and oxygen atoms in total. The highest BCUT2D eigenvalue weighted by atomic mass is 79.9. The summed E-state index contributed by atoms with van der Waals surface area (Å²) in [5.41, 5.74) is 2.14. The SMILES string of the molecule is COc1ccc(CN2COc3ccc4c(=O)c(Oc5ccccc5Br)coc4c3C2)cc1OC. The van der Waals surface area contributed by atoms with Crippen LogP contribution in [0.4, 0.5) is 0 Å². The molecule has 2 heterocycles. The quantitative estimate of drug-likeness (QED) is 0.320. The summed E-state index contributed by atoms with van der Waals surface area (Å²) in [6.07, 6.45) is 1.36. The van der Waals surface area contributed by atoms with Gasteiger partial charge in [0.2, 0.25) is 11.2 Å². The van der Waals surface area contributed by atoms with Crippen molar-refractivity contribution in [3.05, 3.63) is 86.7 Å². The zero-order valence-corrected chi connectivity index (χ0v) is 20.3. The van der Waals surface area contributed by atoms with Crippen LogP contribution in [0.1, 0.15) is 11.1 Å². The smallest absolute Gasteiger partial charge is 0.235 e. The topological polar surface area (TPSA) is 70.4 Å². The molecule has 0 radical (unpaired) electrons. The Kier molecular flexibility index (Phi) is 6.17. The number of fused-ring (bicyclic) bond motifs is 3. The molecule has 0 atom stereocenters. The molecule has 8 heteroatoms. The lowest BCUT2D eigenvalue weighted by atomic mass is 10.1. The van der Waals surface area contributed by atoms with E-state index in [2.05, 4.69) is 20.8 Å². The lowest BCUT2D eigenvalue weighted by Gasteiger charge is -2.29. The van der Waals surface area contributed by atoms with Crippen LogP contribution in [-0.2, 0) is 13.1 Å². The fourth-order valence-corrected chi connectivity index (χ4v) is 4.36. The Balaban J connectivity index is 1.43. The summed E-state index contributed by atoms with van der Waals surface area (Å²) < 4.78 is 29.2. The van der Waals surface area contributed by atoms with E-state index in [1.165, 1.54) is 6.26 Å². The monoisotopic (exact) mass is 523 g/mol. The van der Waals surface area contributed by atoms with Crippen LogP contribution in [-0.4, -0.2) is 25.9 Å². The van der Waals surface area contributed by atoms with Crippen molar-refractivity contribution >= 4 is 26.9 Å². The van der Waals surface area contributed by atoms with Crippen molar-refractivity contribution in [2.45, 2.75) is 13.1 Å². The average Bonchev–Trinajstić information content (AvgIpc) is 2.86. The van der Waals surface area contributed by atoms with Gasteiger partial charge >= 0.3 is 0 Å². The van der Waals surface area contributed by atoms with Gasteiger partial charge in [-0.05, 0) is 57.9 Å². The minimum Gasteiger partial charge on any atom is -0.493 e. The van der Waals surface area contributed by atoms with E-state index < -0.39 is 0 Å². The van der Waals surface area contributed by atoms with Gasteiger partial charge in [0.1, 0.15) is 30.1 Å². The molecule has 0 fully saturated rings. The number of benzene rings is 3. The van der Waals surface area contributed by atoms with Crippen LogP contribution in [0.5, 0.6) is 28.7 Å². The highest BCUT2D eigenvalue weighted by Crippen LogP contribution is 2.35. The third-order valence-corrected chi connectivity index (χ3v) is 6.32. The molecule has 0 bridgehead atoms. The molecule has 0 saturated carbocycles. The molecule has 174 valence electrons. The van der Waals surface area contributed by atoms with Gasteiger partial charge in [-0.2, -0.15) is 0 Å². The normalized spacial score (nSPS) is 13.3. The number of rotatable bonds is 6. The summed E-state index contributed by atoms with van der Waals surface area (Å²) in [4.78, 5) is 15.3. The summed E-state index contributed by atoms with van der Waals surface area (Å²) in [6.45, 7) is 1.61. The predicted molar refractivity (Wildman–Crippen MR) is 131 cm³/mol. The van der Waals surface area contributed by atoms with Gasteiger partial charge in [0.05, 0.1) is 29.6 Å². The number of para-hydroxylation sites is 1. The number of hydrogen-bond acceptors (Lipinski definition) is 7. The molecule has 0 aliphatic carbocycles. The largest absolute Gasteiger partial charge is 0.493 e. The Morgan fingerprint density at radius 1 is 0.971 bits per heavy atom. The van der Waals surface area contributed by atoms with Crippen LogP contribution < -0.4 is 24.4 Å².